The average Bonchev–Trinajstić information content (AvgIpc) is 3.34. The van der Waals surface area contributed by atoms with Gasteiger partial charge in [0, 0.05) is 12.1 Å². The summed E-state index contributed by atoms with van der Waals surface area (Å²) in [6.07, 6.45) is 0.807. The summed E-state index contributed by atoms with van der Waals surface area (Å²) in [6, 6.07) is 11.6. The highest BCUT2D eigenvalue weighted by molar-refractivity contribution is 6.05. The number of benzene rings is 2. The van der Waals surface area contributed by atoms with E-state index in [9.17, 15) is 9.59 Å². The Morgan fingerprint density at radius 2 is 1.95 bits per heavy atom. The van der Waals surface area contributed by atoms with Crippen LogP contribution in [-0.4, -0.2) is 24.1 Å². The summed E-state index contributed by atoms with van der Waals surface area (Å²) < 4.78 is 5.37. The maximum Gasteiger partial charge on any atom is 0.319 e. The number of rotatable bonds is 5. The maximum atomic E-state index is 12.1. The van der Waals surface area contributed by atoms with Gasteiger partial charge in [0.15, 0.2) is 0 Å². The van der Waals surface area contributed by atoms with E-state index in [1.165, 1.54) is 0 Å². The Balaban J connectivity index is 1.87. The second kappa shape index (κ2) is 5.33. The molecule has 0 bridgehead atoms. The smallest absolute Gasteiger partial charge is 0.319 e. The van der Waals surface area contributed by atoms with Crippen molar-refractivity contribution >= 4 is 22.6 Å². The van der Waals surface area contributed by atoms with E-state index in [-0.39, 0.29) is 6.54 Å². The van der Waals surface area contributed by atoms with E-state index in [0.717, 1.165) is 16.3 Å². The van der Waals surface area contributed by atoms with Crippen LogP contribution in [-0.2, 0) is 16.1 Å². The first-order chi connectivity index (χ1) is 10.6. The molecule has 2 aromatic carbocycles. The fraction of sp³-hybridized carbons (Fsp3) is 0.294. The molecule has 5 nitrogen and oxygen atoms in total. The number of methoxy groups -OCH3 is 1. The molecular weight excluding hydrogens is 282 g/mol. The van der Waals surface area contributed by atoms with Crippen molar-refractivity contribution in [3.8, 4) is 5.75 Å². The molecular formula is C17H17NO4. The third-order valence-electron chi connectivity index (χ3n) is 4.24. The van der Waals surface area contributed by atoms with E-state index in [4.69, 9.17) is 9.84 Å². The highest BCUT2D eigenvalue weighted by Crippen LogP contribution is 2.46. The number of fused-ring (bicyclic) bond motifs is 1. The minimum atomic E-state index is -1.22. The van der Waals surface area contributed by atoms with Crippen molar-refractivity contribution in [1.82, 2.24) is 5.32 Å². The largest absolute Gasteiger partial charge is 0.496 e. The van der Waals surface area contributed by atoms with E-state index in [0.29, 0.717) is 18.6 Å². The van der Waals surface area contributed by atoms with Gasteiger partial charge in [-0.1, -0.05) is 30.3 Å². The molecule has 22 heavy (non-hydrogen) atoms. The quantitative estimate of drug-likeness (QED) is 0.831. The number of carbonyl (C=O) groups is 2. The van der Waals surface area contributed by atoms with Crippen LogP contribution >= 0.6 is 0 Å². The van der Waals surface area contributed by atoms with Gasteiger partial charge < -0.3 is 15.2 Å². The highest BCUT2D eigenvalue weighted by Gasteiger charge is 2.56. The van der Waals surface area contributed by atoms with Gasteiger partial charge in [-0.3, -0.25) is 9.59 Å². The summed E-state index contributed by atoms with van der Waals surface area (Å²) in [6.45, 7) is 0.248. The molecule has 0 saturated heterocycles. The molecule has 114 valence electrons. The SMILES string of the molecule is COc1ccc2ccccc2c1CNC(=O)C1(C(=O)O)CC1. The van der Waals surface area contributed by atoms with E-state index in [2.05, 4.69) is 5.32 Å². The predicted molar refractivity (Wildman–Crippen MR) is 81.6 cm³/mol. The molecule has 5 heteroatoms. The number of amides is 1. The number of carboxylic acid groups (broad SMARTS) is 1. The summed E-state index contributed by atoms with van der Waals surface area (Å²) >= 11 is 0. The number of carbonyl (C=O) groups excluding carboxylic acids is 1. The molecule has 1 amide bonds. The lowest BCUT2D eigenvalue weighted by molar-refractivity contribution is -0.149. The van der Waals surface area contributed by atoms with Crippen LogP contribution in [0.15, 0.2) is 36.4 Å². The van der Waals surface area contributed by atoms with Crippen LogP contribution < -0.4 is 10.1 Å². The van der Waals surface area contributed by atoms with Gasteiger partial charge in [0.1, 0.15) is 11.2 Å². The predicted octanol–water partition coefficient (Wildman–Crippen LogP) is 2.33. The fourth-order valence-electron chi connectivity index (χ4n) is 2.69. The summed E-state index contributed by atoms with van der Waals surface area (Å²) in [4.78, 5) is 23.3. The number of aliphatic carboxylic acids is 1. The van der Waals surface area contributed by atoms with Crippen molar-refractivity contribution < 1.29 is 19.4 Å². The van der Waals surface area contributed by atoms with Crippen molar-refractivity contribution in [2.24, 2.45) is 5.41 Å². The summed E-state index contributed by atoms with van der Waals surface area (Å²) in [5.41, 5.74) is -0.368. The molecule has 1 fully saturated rings. The Labute approximate surface area is 127 Å². The molecule has 0 unspecified atom stereocenters. The molecule has 2 N–H and O–H groups in total. The van der Waals surface area contributed by atoms with Crippen molar-refractivity contribution in [3.05, 3.63) is 42.0 Å². The molecule has 0 aliphatic heterocycles. The fourth-order valence-corrected chi connectivity index (χ4v) is 2.69. The van der Waals surface area contributed by atoms with Gasteiger partial charge in [-0.05, 0) is 29.7 Å². The second-order valence-electron chi connectivity index (χ2n) is 5.54. The van der Waals surface area contributed by atoms with Gasteiger partial charge in [0.05, 0.1) is 7.11 Å². The standard InChI is InChI=1S/C17H17NO4/c1-22-14-7-6-11-4-2-3-5-12(11)13(14)10-18-15(19)17(8-9-17)16(20)21/h2-7H,8-10H2,1H3,(H,18,19)(H,20,21). The Morgan fingerprint density at radius 3 is 2.59 bits per heavy atom. The Hall–Kier alpha value is -2.56. The summed E-state index contributed by atoms with van der Waals surface area (Å²) in [7, 11) is 1.58. The minimum Gasteiger partial charge on any atom is -0.496 e. The number of hydrogen-bond acceptors (Lipinski definition) is 3. The van der Waals surface area contributed by atoms with Gasteiger partial charge in [0.25, 0.3) is 0 Å². The zero-order chi connectivity index (χ0) is 15.7. The highest BCUT2D eigenvalue weighted by atomic mass is 16.5. The number of ether oxygens (including phenoxy) is 1. The average molecular weight is 299 g/mol. The van der Waals surface area contributed by atoms with Crippen molar-refractivity contribution in [2.75, 3.05) is 7.11 Å². The van der Waals surface area contributed by atoms with Crippen LogP contribution in [0.2, 0.25) is 0 Å². The molecule has 2 aromatic rings. The van der Waals surface area contributed by atoms with Crippen LogP contribution in [0, 0.1) is 5.41 Å². The summed E-state index contributed by atoms with van der Waals surface area (Å²) in [5, 5.41) is 13.9. The Morgan fingerprint density at radius 1 is 1.23 bits per heavy atom. The Kier molecular flexibility index (Phi) is 3.48. The molecule has 0 radical (unpaired) electrons. The van der Waals surface area contributed by atoms with Crippen LogP contribution in [0.4, 0.5) is 0 Å². The lowest BCUT2D eigenvalue weighted by atomic mass is 10.0. The number of carboxylic acids is 1. The molecule has 0 heterocycles. The normalized spacial score (nSPS) is 15.3. The van der Waals surface area contributed by atoms with Gasteiger partial charge in [-0.15, -0.1) is 0 Å². The third-order valence-corrected chi connectivity index (χ3v) is 4.24. The molecule has 1 aliphatic rings. The minimum absolute atomic E-state index is 0.248. The Bertz CT molecular complexity index is 749. The molecule has 1 aliphatic carbocycles. The molecule has 3 rings (SSSR count). The van der Waals surface area contributed by atoms with Crippen LogP contribution in [0.25, 0.3) is 10.8 Å². The van der Waals surface area contributed by atoms with Crippen molar-refractivity contribution in [1.29, 1.82) is 0 Å². The van der Waals surface area contributed by atoms with Gasteiger partial charge >= 0.3 is 5.97 Å². The monoisotopic (exact) mass is 299 g/mol. The zero-order valence-corrected chi connectivity index (χ0v) is 12.3. The topological polar surface area (TPSA) is 75.6 Å². The van der Waals surface area contributed by atoms with E-state index in [1.807, 2.05) is 36.4 Å². The van der Waals surface area contributed by atoms with E-state index >= 15 is 0 Å². The van der Waals surface area contributed by atoms with Crippen molar-refractivity contribution in [3.63, 3.8) is 0 Å². The molecule has 0 atom stereocenters. The first-order valence-corrected chi connectivity index (χ1v) is 7.15. The van der Waals surface area contributed by atoms with Gasteiger partial charge in [-0.2, -0.15) is 0 Å². The van der Waals surface area contributed by atoms with Gasteiger partial charge in [-0.25, -0.2) is 0 Å². The maximum absolute atomic E-state index is 12.1. The molecule has 0 spiro atoms. The van der Waals surface area contributed by atoms with E-state index in [1.54, 1.807) is 7.11 Å². The first kappa shape index (κ1) is 14.4. The second-order valence-corrected chi connectivity index (χ2v) is 5.54. The van der Waals surface area contributed by atoms with Crippen LogP contribution in [0.5, 0.6) is 5.75 Å². The number of nitrogens with one attached hydrogen (secondary N) is 1. The van der Waals surface area contributed by atoms with Gasteiger partial charge in [0.2, 0.25) is 5.91 Å². The van der Waals surface area contributed by atoms with Crippen LogP contribution in [0.3, 0.4) is 0 Å². The number of hydrogen-bond donors (Lipinski definition) is 2. The van der Waals surface area contributed by atoms with E-state index < -0.39 is 17.3 Å². The molecule has 0 aromatic heterocycles. The van der Waals surface area contributed by atoms with Crippen molar-refractivity contribution in [2.45, 2.75) is 19.4 Å². The first-order valence-electron chi connectivity index (χ1n) is 7.15. The van der Waals surface area contributed by atoms with Crippen LogP contribution in [0.1, 0.15) is 18.4 Å². The third kappa shape index (κ3) is 2.28. The zero-order valence-electron chi connectivity index (χ0n) is 12.3. The lowest BCUT2D eigenvalue weighted by Gasteiger charge is -2.15. The molecule has 1 saturated carbocycles. The summed E-state index contributed by atoms with van der Waals surface area (Å²) in [5.74, 6) is -0.788. The lowest BCUT2D eigenvalue weighted by Crippen LogP contribution is -2.36.